The Morgan fingerprint density at radius 1 is 1.37 bits per heavy atom. The molecule has 0 aromatic carbocycles. The second-order valence-electron chi connectivity index (χ2n) is 6.32. The van der Waals surface area contributed by atoms with Crippen molar-refractivity contribution in [3.63, 3.8) is 0 Å². The fourth-order valence-electron chi connectivity index (χ4n) is 1.95. The van der Waals surface area contributed by atoms with Gasteiger partial charge in [0.15, 0.2) is 0 Å². The maximum Gasteiger partial charge on any atom is 0.141 e. The highest BCUT2D eigenvalue weighted by molar-refractivity contribution is 5.09. The molecule has 0 spiro atoms. The van der Waals surface area contributed by atoms with Crippen LogP contribution in [0.1, 0.15) is 45.9 Å². The van der Waals surface area contributed by atoms with Crippen LogP contribution in [0.25, 0.3) is 0 Å². The van der Waals surface area contributed by atoms with Crippen LogP contribution >= 0.6 is 0 Å². The molecule has 4 heteroatoms. The third kappa shape index (κ3) is 4.88. The summed E-state index contributed by atoms with van der Waals surface area (Å²) < 4.78 is 12.8. The third-order valence-corrected chi connectivity index (χ3v) is 3.84. The van der Waals surface area contributed by atoms with Crippen LogP contribution in [0.4, 0.5) is 4.39 Å². The van der Waals surface area contributed by atoms with Crippen LogP contribution in [-0.4, -0.2) is 29.5 Å². The Morgan fingerprint density at radius 3 is 2.47 bits per heavy atom. The second-order valence-corrected chi connectivity index (χ2v) is 6.32. The summed E-state index contributed by atoms with van der Waals surface area (Å²) in [7, 11) is 2.11. The van der Waals surface area contributed by atoms with Gasteiger partial charge in [-0.1, -0.05) is 20.8 Å². The Labute approximate surface area is 116 Å². The number of nitrogens with two attached hydrogens (primary N) is 1. The van der Waals surface area contributed by atoms with Crippen LogP contribution in [0.2, 0.25) is 0 Å². The molecule has 2 unspecified atom stereocenters. The molecule has 0 aliphatic carbocycles. The maximum atomic E-state index is 12.8. The molecular weight excluding hydrogens is 241 g/mol. The minimum atomic E-state index is -0.325. The minimum Gasteiger partial charge on any atom is -0.323 e. The molecule has 0 saturated heterocycles. The quantitative estimate of drug-likeness (QED) is 0.892. The molecular formula is C15H26FN3. The van der Waals surface area contributed by atoms with Crippen LogP contribution in [0, 0.1) is 11.2 Å². The number of aromatic nitrogens is 1. The SMILES string of the molecule is CC(N(C)CCC(N)c1ccc(F)cn1)C(C)(C)C. The molecule has 1 aromatic rings. The van der Waals surface area contributed by atoms with Crippen molar-refractivity contribution in [2.75, 3.05) is 13.6 Å². The molecule has 0 saturated carbocycles. The smallest absolute Gasteiger partial charge is 0.141 e. The van der Waals surface area contributed by atoms with Gasteiger partial charge in [0.05, 0.1) is 11.9 Å². The van der Waals surface area contributed by atoms with Gasteiger partial charge in [-0.25, -0.2) is 4.39 Å². The van der Waals surface area contributed by atoms with E-state index in [9.17, 15) is 4.39 Å². The van der Waals surface area contributed by atoms with Crippen molar-refractivity contribution in [2.45, 2.75) is 46.2 Å². The predicted octanol–water partition coefficient (Wildman–Crippen LogP) is 2.98. The van der Waals surface area contributed by atoms with Crippen molar-refractivity contribution in [2.24, 2.45) is 11.1 Å². The molecule has 2 atom stereocenters. The fraction of sp³-hybridized carbons (Fsp3) is 0.667. The van der Waals surface area contributed by atoms with Crippen molar-refractivity contribution in [3.05, 3.63) is 29.8 Å². The summed E-state index contributed by atoms with van der Waals surface area (Å²) in [5.74, 6) is -0.325. The van der Waals surface area contributed by atoms with Crippen LogP contribution in [-0.2, 0) is 0 Å². The molecule has 0 aliphatic rings. The Bertz CT molecular complexity index is 383. The van der Waals surface area contributed by atoms with E-state index in [0.29, 0.717) is 6.04 Å². The first kappa shape index (κ1) is 16.1. The first-order chi connectivity index (χ1) is 8.71. The highest BCUT2D eigenvalue weighted by atomic mass is 19.1. The summed E-state index contributed by atoms with van der Waals surface area (Å²) in [5.41, 5.74) is 7.08. The number of nitrogens with zero attached hydrogens (tertiary/aromatic N) is 2. The average molecular weight is 267 g/mol. The van der Waals surface area contributed by atoms with E-state index in [-0.39, 0.29) is 17.3 Å². The van der Waals surface area contributed by atoms with Gasteiger partial charge >= 0.3 is 0 Å². The highest BCUT2D eigenvalue weighted by Crippen LogP contribution is 2.23. The van der Waals surface area contributed by atoms with Gasteiger partial charge in [0.25, 0.3) is 0 Å². The zero-order valence-corrected chi connectivity index (χ0v) is 12.7. The lowest BCUT2D eigenvalue weighted by atomic mass is 9.87. The average Bonchev–Trinajstić information content (AvgIpc) is 2.34. The molecule has 0 aliphatic heterocycles. The topological polar surface area (TPSA) is 42.1 Å². The molecule has 1 aromatic heterocycles. The number of rotatable bonds is 5. The van der Waals surface area contributed by atoms with Gasteiger partial charge in [-0.2, -0.15) is 0 Å². The normalized spacial score (nSPS) is 15.6. The lowest BCUT2D eigenvalue weighted by molar-refractivity contribution is 0.137. The van der Waals surface area contributed by atoms with E-state index < -0.39 is 0 Å². The molecule has 1 rings (SSSR count). The van der Waals surface area contributed by atoms with Crippen LogP contribution in [0.5, 0.6) is 0 Å². The van der Waals surface area contributed by atoms with Gasteiger partial charge in [0.1, 0.15) is 5.82 Å². The molecule has 3 nitrogen and oxygen atoms in total. The van der Waals surface area contributed by atoms with Gasteiger partial charge in [0, 0.05) is 12.1 Å². The number of halogens is 1. The minimum absolute atomic E-state index is 0.143. The predicted molar refractivity (Wildman–Crippen MR) is 77.3 cm³/mol. The van der Waals surface area contributed by atoms with Gasteiger partial charge in [-0.3, -0.25) is 4.98 Å². The van der Waals surface area contributed by atoms with E-state index in [1.165, 1.54) is 12.3 Å². The first-order valence-corrected chi connectivity index (χ1v) is 6.79. The first-order valence-electron chi connectivity index (χ1n) is 6.79. The van der Waals surface area contributed by atoms with Crippen molar-refractivity contribution in [3.8, 4) is 0 Å². The lowest BCUT2D eigenvalue weighted by Crippen LogP contribution is -2.40. The van der Waals surface area contributed by atoms with E-state index in [4.69, 9.17) is 5.73 Å². The van der Waals surface area contributed by atoms with E-state index in [1.54, 1.807) is 6.07 Å². The molecule has 1 heterocycles. The van der Waals surface area contributed by atoms with E-state index in [0.717, 1.165) is 18.7 Å². The molecule has 0 fully saturated rings. The monoisotopic (exact) mass is 267 g/mol. The lowest BCUT2D eigenvalue weighted by Gasteiger charge is -2.35. The third-order valence-electron chi connectivity index (χ3n) is 3.84. The van der Waals surface area contributed by atoms with Crippen molar-refractivity contribution in [1.82, 2.24) is 9.88 Å². The van der Waals surface area contributed by atoms with E-state index in [2.05, 4.69) is 44.6 Å². The van der Waals surface area contributed by atoms with Crippen LogP contribution < -0.4 is 5.73 Å². The Balaban J connectivity index is 2.50. The fourth-order valence-corrected chi connectivity index (χ4v) is 1.95. The van der Waals surface area contributed by atoms with Crippen molar-refractivity contribution in [1.29, 1.82) is 0 Å². The zero-order chi connectivity index (χ0) is 14.6. The summed E-state index contributed by atoms with van der Waals surface area (Å²) in [6.45, 7) is 9.82. The maximum absolute atomic E-state index is 12.8. The van der Waals surface area contributed by atoms with Crippen LogP contribution in [0.15, 0.2) is 18.3 Å². The molecule has 0 radical (unpaired) electrons. The van der Waals surface area contributed by atoms with Gasteiger partial charge in [-0.05, 0) is 44.5 Å². The second kappa shape index (κ2) is 6.44. The summed E-state index contributed by atoms with van der Waals surface area (Å²) in [5, 5.41) is 0. The standard InChI is InChI=1S/C15H26FN3/c1-11(15(2,3)4)19(5)9-8-13(17)14-7-6-12(16)10-18-14/h6-7,10-11,13H,8-9,17H2,1-5H3. The summed E-state index contributed by atoms with van der Waals surface area (Å²) in [6.07, 6.45) is 2.03. The van der Waals surface area contributed by atoms with E-state index in [1.807, 2.05) is 0 Å². The van der Waals surface area contributed by atoms with Crippen molar-refractivity contribution < 1.29 is 4.39 Å². The van der Waals surface area contributed by atoms with Crippen LogP contribution in [0.3, 0.4) is 0 Å². The number of hydrogen-bond acceptors (Lipinski definition) is 3. The highest BCUT2D eigenvalue weighted by Gasteiger charge is 2.24. The zero-order valence-electron chi connectivity index (χ0n) is 12.7. The number of hydrogen-bond donors (Lipinski definition) is 1. The van der Waals surface area contributed by atoms with Crippen molar-refractivity contribution >= 4 is 0 Å². The molecule has 0 amide bonds. The van der Waals surface area contributed by atoms with Gasteiger partial charge in [-0.15, -0.1) is 0 Å². The summed E-state index contributed by atoms with van der Waals surface area (Å²) in [4.78, 5) is 6.34. The Hall–Kier alpha value is -1.00. The van der Waals surface area contributed by atoms with E-state index >= 15 is 0 Å². The van der Waals surface area contributed by atoms with Gasteiger partial charge in [0.2, 0.25) is 0 Å². The summed E-state index contributed by atoms with van der Waals surface area (Å²) in [6, 6.07) is 3.40. The molecule has 2 N–H and O–H groups in total. The number of pyridine rings is 1. The molecule has 0 bridgehead atoms. The van der Waals surface area contributed by atoms with Gasteiger partial charge < -0.3 is 10.6 Å². The molecule has 108 valence electrons. The largest absolute Gasteiger partial charge is 0.323 e. The Kier molecular flexibility index (Phi) is 5.44. The molecule has 19 heavy (non-hydrogen) atoms. The Morgan fingerprint density at radius 2 is 2.00 bits per heavy atom. The summed E-state index contributed by atoms with van der Waals surface area (Å²) >= 11 is 0.